The van der Waals surface area contributed by atoms with Gasteiger partial charge in [-0.25, -0.2) is 0 Å². The van der Waals surface area contributed by atoms with Crippen molar-refractivity contribution in [1.29, 1.82) is 0 Å². The van der Waals surface area contributed by atoms with E-state index >= 15 is 0 Å². The van der Waals surface area contributed by atoms with Crippen LogP contribution in [-0.4, -0.2) is 32.1 Å². The fraction of sp³-hybridized carbons (Fsp3) is 0.800. The van der Waals surface area contributed by atoms with Gasteiger partial charge < -0.3 is 9.53 Å². The van der Waals surface area contributed by atoms with Crippen LogP contribution in [0, 0.1) is 0 Å². The molecule has 0 aliphatic carbocycles. The van der Waals surface area contributed by atoms with Crippen molar-refractivity contribution in [2.24, 2.45) is 0 Å². The minimum Gasteiger partial charge on any atom is -0.377 e. The van der Waals surface area contributed by atoms with Crippen LogP contribution in [0.4, 0.5) is 0 Å². The quantitative estimate of drug-likeness (QED) is 0.469. The average Bonchev–Trinajstić information content (AvgIpc) is 2.13. The van der Waals surface area contributed by atoms with E-state index in [0.717, 1.165) is 6.29 Å². The van der Waals surface area contributed by atoms with Crippen molar-refractivity contribution in [3.63, 3.8) is 0 Å². The first-order valence-corrected chi connectivity index (χ1v) is 2.84. The van der Waals surface area contributed by atoms with Gasteiger partial charge in [-0.3, -0.25) is 4.84 Å². The molecule has 9 heavy (non-hydrogen) atoms. The molecular weight excluding hydrogens is 122 g/mol. The van der Waals surface area contributed by atoms with Gasteiger partial charge in [-0.15, -0.1) is 0 Å². The van der Waals surface area contributed by atoms with Crippen molar-refractivity contribution in [2.75, 3.05) is 19.8 Å². The number of carbonyl (C=O) groups excluding carboxylic acids is 1. The normalized spacial score (nSPS) is 29.1. The third kappa shape index (κ3) is 2.09. The van der Waals surface area contributed by atoms with E-state index in [1.54, 1.807) is 0 Å². The molecule has 1 aliphatic rings. The zero-order valence-electron chi connectivity index (χ0n) is 5.00. The lowest BCUT2D eigenvalue weighted by molar-refractivity contribution is -0.113. The molecule has 0 radical (unpaired) electrons. The molecule has 1 aliphatic heterocycles. The van der Waals surface area contributed by atoms with E-state index in [4.69, 9.17) is 9.57 Å². The lowest BCUT2D eigenvalue weighted by Crippen LogP contribution is -2.32. The topological polar surface area (TPSA) is 47.6 Å². The summed E-state index contributed by atoms with van der Waals surface area (Å²) in [6.07, 6.45) is 0.769. The van der Waals surface area contributed by atoms with Gasteiger partial charge in [-0.1, -0.05) is 0 Å². The maximum absolute atomic E-state index is 10.1. The van der Waals surface area contributed by atoms with Crippen LogP contribution < -0.4 is 5.48 Å². The van der Waals surface area contributed by atoms with E-state index in [0.29, 0.717) is 19.8 Å². The number of aldehydes is 1. The third-order valence-electron chi connectivity index (χ3n) is 1.03. The van der Waals surface area contributed by atoms with E-state index in [-0.39, 0.29) is 6.04 Å². The van der Waals surface area contributed by atoms with Gasteiger partial charge in [0.2, 0.25) is 0 Å². The molecular formula is C5H9NO3. The van der Waals surface area contributed by atoms with Crippen molar-refractivity contribution in [3.05, 3.63) is 0 Å². The first-order chi connectivity index (χ1) is 4.43. The second-order valence-electron chi connectivity index (χ2n) is 1.78. The lowest BCUT2D eigenvalue weighted by Gasteiger charge is -2.03. The van der Waals surface area contributed by atoms with Gasteiger partial charge in [0.15, 0.2) is 0 Å². The summed E-state index contributed by atoms with van der Waals surface area (Å²) in [6.45, 7) is 1.46. The minimum absolute atomic E-state index is 0.299. The SMILES string of the molecule is O=CC1COCCON1. The molecule has 1 heterocycles. The van der Waals surface area contributed by atoms with Crippen LogP contribution in [0.15, 0.2) is 0 Å². The summed E-state index contributed by atoms with van der Waals surface area (Å²) in [5.41, 5.74) is 2.54. The Bertz CT molecular complexity index is 88.2. The Morgan fingerprint density at radius 2 is 2.44 bits per heavy atom. The predicted molar refractivity (Wildman–Crippen MR) is 29.8 cm³/mol. The molecule has 0 aromatic rings. The maximum Gasteiger partial charge on any atom is 0.141 e. The Hall–Kier alpha value is -0.450. The maximum atomic E-state index is 10.1. The monoisotopic (exact) mass is 131 g/mol. The average molecular weight is 131 g/mol. The Morgan fingerprint density at radius 3 is 3.22 bits per heavy atom. The number of hydrogen-bond acceptors (Lipinski definition) is 4. The van der Waals surface area contributed by atoms with Crippen LogP contribution in [0.1, 0.15) is 0 Å². The molecule has 0 aromatic heterocycles. The summed E-state index contributed by atoms with van der Waals surface area (Å²) >= 11 is 0. The number of rotatable bonds is 1. The summed E-state index contributed by atoms with van der Waals surface area (Å²) in [7, 11) is 0. The number of ether oxygens (including phenoxy) is 1. The molecule has 4 nitrogen and oxygen atoms in total. The highest BCUT2D eigenvalue weighted by Crippen LogP contribution is 1.87. The standard InChI is InChI=1S/C5H9NO3/c7-3-5-4-8-1-2-9-6-5/h3,5-6H,1-2,4H2. The molecule has 52 valence electrons. The summed E-state index contributed by atoms with van der Waals surface area (Å²) < 4.78 is 4.98. The fourth-order valence-corrected chi connectivity index (χ4v) is 0.578. The lowest BCUT2D eigenvalue weighted by atomic mass is 10.4. The molecule has 0 saturated carbocycles. The highest BCUT2D eigenvalue weighted by Gasteiger charge is 2.09. The van der Waals surface area contributed by atoms with Gasteiger partial charge >= 0.3 is 0 Å². The molecule has 0 amide bonds. The fourth-order valence-electron chi connectivity index (χ4n) is 0.578. The highest BCUT2D eigenvalue weighted by molar-refractivity contribution is 5.57. The summed E-state index contributed by atoms with van der Waals surface area (Å²) in [6, 6.07) is -0.299. The van der Waals surface area contributed by atoms with Crippen molar-refractivity contribution in [1.82, 2.24) is 5.48 Å². The van der Waals surface area contributed by atoms with E-state index < -0.39 is 0 Å². The Kier molecular flexibility index (Phi) is 2.63. The first kappa shape index (κ1) is 6.67. The molecule has 1 rings (SSSR count). The van der Waals surface area contributed by atoms with E-state index in [1.165, 1.54) is 0 Å². The van der Waals surface area contributed by atoms with Crippen LogP contribution in [0.25, 0.3) is 0 Å². The predicted octanol–water partition coefficient (Wildman–Crippen LogP) is -0.895. The van der Waals surface area contributed by atoms with Gasteiger partial charge in [0.1, 0.15) is 12.3 Å². The van der Waals surface area contributed by atoms with Crippen molar-refractivity contribution in [2.45, 2.75) is 6.04 Å². The zero-order valence-corrected chi connectivity index (χ0v) is 5.00. The first-order valence-electron chi connectivity index (χ1n) is 2.84. The number of carbonyl (C=O) groups is 1. The van der Waals surface area contributed by atoms with Crippen molar-refractivity contribution < 1.29 is 14.4 Å². The molecule has 1 unspecified atom stereocenters. The van der Waals surface area contributed by atoms with Gasteiger partial charge in [-0.05, 0) is 0 Å². The molecule has 0 aromatic carbocycles. The van der Waals surface area contributed by atoms with E-state index in [9.17, 15) is 4.79 Å². The minimum atomic E-state index is -0.299. The number of nitrogens with one attached hydrogen (secondary N) is 1. The van der Waals surface area contributed by atoms with Gasteiger partial charge in [-0.2, -0.15) is 5.48 Å². The highest BCUT2D eigenvalue weighted by atomic mass is 16.7. The van der Waals surface area contributed by atoms with Gasteiger partial charge in [0.25, 0.3) is 0 Å². The second kappa shape index (κ2) is 3.55. The van der Waals surface area contributed by atoms with Crippen LogP contribution in [0.3, 0.4) is 0 Å². The van der Waals surface area contributed by atoms with Crippen LogP contribution in [0.2, 0.25) is 0 Å². The molecule has 1 saturated heterocycles. The Labute approximate surface area is 53.1 Å². The summed E-state index contributed by atoms with van der Waals surface area (Å²) in [5, 5.41) is 0. The second-order valence-corrected chi connectivity index (χ2v) is 1.78. The molecule has 0 bridgehead atoms. The van der Waals surface area contributed by atoms with Gasteiger partial charge in [0, 0.05) is 0 Å². The van der Waals surface area contributed by atoms with E-state index in [1.807, 2.05) is 0 Å². The van der Waals surface area contributed by atoms with Crippen LogP contribution in [-0.2, 0) is 14.4 Å². The van der Waals surface area contributed by atoms with E-state index in [2.05, 4.69) is 5.48 Å². The molecule has 1 fully saturated rings. The molecule has 1 atom stereocenters. The molecule has 4 heteroatoms. The molecule has 0 spiro atoms. The summed E-state index contributed by atoms with van der Waals surface area (Å²) in [4.78, 5) is 14.9. The number of hydrogen-bond donors (Lipinski definition) is 1. The van der Waals surface area contributed by atoms with Gasteiger partial charge in [0.05, 0.1) is 19.8 Å². The zero-order chi connectivity index (χ0) is 6.53. The smallest absolute Gasteiger partial charge is 0.141 e. The summed E-state index contributed by atoms with van der Waals surface area (Å²) in [5.74, 6) is 0. The number of hydroxylamine groups is 1. The Morgan fingerprint density at radius 1 is 1.56 bits per heavy atom. The van der Waals surface area contributed by atoms with Crippen LogP contribution in [0.5, 0.6) is 0 Å². The van der Waals surface area contributed by atoms with Crippen LogP contribution >= 0.6 is 0 Å². The molecule has 1 N–H and O–H groups in total. The largest absolute Gasteiger partial charge is 0.377 e. The van der Waals surface area contributed by atoms with Crippen molar-refractivity contribution in [3.8, 4) is 0 Å². The van der Waals surface area contributed by atoms with Crippen molar-refractivity contribution >= 4 is 6.29 Å². The third-order valence-corrected chi connectivity index (χ3v) is 1.03. The Balaban J connectivity index is 2.26.